The van der Waals surface area contributed by atoms with Crippen LogP contribution in [-0.2, 0) is 5.41 Å². The molecule has 0 fully saturated rings. The second-order valence-electron chi connectivity index (χ2n) is 9.57. The zero-order valence-electron chi connectivity index (χ0n) is 20.8. The molecule has 0 spiro atoms. The lowest BCUT2D eigenvalue weighted by Crippen LogP contribution is -2.17. The predicted molar refractivity (Wildman–Crippen MR) is 147 cm³/mol. The molecule has 6 nitrogen and oxygen atoms in total. The molecule has 5 rings (SSSR count). The summed E-state index contributed by atoms with van der Waals surface area (Å²) in [5.41, 5.74) is 4.33. The van der Waals surface area contributed by atoms with E-state index in [0.717, 1.165) is 43.9 Å². The first kappa shape index (κ1) is 24.6. The van der Waals surface area contributed by atoms with E-state index in [2.05, 4.69) is 38.0 Å². The minimum Gasteiger partial charge on any atom is -0.505 e. The first-order valence-electron chi connectivity index (χ1n) is 12.1. The molecule has 1 heterocycles. The Labute approximate surface area is 219 Å². The Morgan fingerprint density at radius 3 is 2.24 bits per heavy atom. The van der Waals surface area contributed by atoms with E-state index < -0.39 is 5.97 Å². The SMILES string of the molecule is CCC(C)(C)c1cc(-c2ccc(C(=O)O)cc2)cc(-n2nc3ccc(Sc4ccccc4)cc3n2)c1O. The van der Waals surface area contributed by atoms with Crippen LogP contribution in [0, 0.1) is 0 Å². The number of aromatic hydroxyl groups is 1. The van der Waals surface area contributed by atoms with Crippen molar-refractivity contribution in [1.82, 2.24) is 15.0 Å². The van der Waals surface area contributed by atoms with Gasteiger partial charge in [-0.2, -0.15) is 0 Å². The number of phenols is 1. The van der Waals surface area contributed by atoms with Gasteiger partial charge in [-0.1, -0.05) is 62.9 Å². The van der Waals surface area contributed by atoms with Crippen LogP contribution in [0.2, 0.25) is 0 Å². The van der Waals surface area contributed by atoms with Gasteiger partial charge in [-0.05, 0) is 77.6 Å². The molecule has 0 aliphatic carbocycles. The average Bonchev–Trinajstić information content (AvgIpc) is 3.32. The largest absolute Gasteiger partial charge is 0.505 e. The summed E-state index contributed by atoms with van der Waals surface area (Å²) in [5.74, 6) is -0.833. The van der Waals surface area contributed by atoms with E-state index in [1.807, 2.05) is 48.5 Å². The summed E-state index contributed by atoms with van der Waals surface area (Å²) in [6, 6.07) is 26.6. The maximum Gasteiger partial charge on any atom is 0.335 e. The van der Waals surface area contributed by atoms with Gasteiger partial charge in [-0.3, -0.25) is 0 Å². The number of carbonyl (C=O) groups is 1. The second-order valence-corrected chi connectivity index (χ2v) is 10.7. The molecule has 0 saturated heterocycles. The average molecular weight is 510 g/mol. The molecule has 7 heteroatoms. The fraction of sp³-hybridized carbons (Fsp3) is 0.167. The van der Waals surface area contributed by atoms with E-state index in [-0.39, 0.29) is 16.7 Å². The van der Waals surface area contributed by atoms with Crippen LogP contribution in [0.4, 0.5) is 0 Å². The minimum atomic E-state index is -0.969. The highest BCUT2D eigenvalue weighted by atomic mass is 32.2. The Bertz CT molecular complexity index is 1590. The third kappa shape index (κ3) is 4.95. The molecule has 0 bridgehead atoms. The number of phenolic OH excluding ortho intramolecular Hbond substituents is 1. The number of carboxylic acids is 1. The normalized spacial score (nSPS) is 11.6. The Kier molecular flexibility index (Phi) is 6.48. The van der Waals surface area contributed by atoms with E-state index in [9.17, 15) is 15.0 Å². The Morgan fingerprint density at radius 2 is 1.57 bits per heavy atom. The van der Waals surface area contributed by atoms with Gasteiger partial charge in [0.15, 0.2) is 0 Å². The van der Waals surface area contributed by atoms with Gasteiger partial charge >= 0.3 is 5.97 Å². The highest BCUT2D eigenvalue weighted by Gasteiger charge is 2.26. The minimum absolute atomic E-state index is 0.136. The summed E-state index contributed by atoms with van der Waals surface area (Å²) >= 11 is 1.65. The number of carboxylic acid groups (broad SMARTS) is 1. The molecule has 1 aromatic heterocycles. The lowest BCUT2D eigenvalue weighted by atomic mass is 9.80. The molecular formula is C30H27N3O3S. The van der Waals surface area contributed by atoms with Crippen LogP contribution < -0.4 is 0 Å². The lowest BCUT2D eigenvalue weighted by molar-refractivity contribution is 0.0697. The number of aromatic carboxylic acids is 1. The van der Waals surface area contributed by atoms with Crippen molar-refractivity contribution in [1.29, 1.82) is 0 Å². The zero-order chi connectivity index (χ0) is 26.2. The zero-order valence-corrected chi connectivity index (χ0v) is 21.7. The highest BCUT2D eigenvalue weighted by Crippen LogP contribution is 2.41. The van der Waals surface area contributed by atoms with E-state index in [1.54, 1.807) is 36.0 Å². The van der Waals surface area contributed by atoms with Gasteiger partial charge in [0.2, 0.25) is 0 Å². The molecule has 0 amide bonds. The smallest absolute Gasteiger partial charge is 0.335 e. The molecule has 0 saturated carbocycles. The summed E-state index contributed by atoms with van der Waals surface area (Å²) in [7, 11) is 0. The highest BCUT2D eigenvalue weighted by molar-refractivity contribution is 7.99. The molecule has 2 N–H and O–H groups in total. The fourth-order valence-electron chi connectivity index (χ4n) is 4.14. The maximum absolute atomic E-state index is 11.4. The van der Waals surface area contributed by atoms with Gasteiger partial charge in [-0.15, -0.1) is 15.0 Å². The quantitative estimate of drug-likeness (QED) is 0.239. The number of hydrogen-bond acceptors (Lipinski definition) is 5. The first-order chi connectivity index (χ1) is 17.7. The summed E-state index contributed by atoms with van der Waals surface area (Å²) in [4.78, 5) is 15.0. The number of benzene rings is 4. The van der Waals surface area contributed by atoms with Crippen molar-refractivity contribution in [2.24, 2.45) is 0 Å². The van der Waals surface area contributed by atoms with E-state index in [1.165, 1.54) is 4.80 Å². The van der Waals surface area contributed by atoms with Crippen molar-refractivity contribution in [2.75, 3.05) is 0 Å². The van der Waals surface area contributed by atoms with Crippen LogP contribution >= 0.6 is 11.8 Å². The number of rotatable bonds is 7. The number of nitrogens with zero attached hydrogens (tertiary/aromatic N) is 3. The maximum atomic E-state index is 11.4. The van der Waals surface area contributed by atoms with Crippen molar-refractivity contribution in [3.63, 3.8) is 0 Å². The number of hydrogen-bond donors (Lipinski definition) is 2. The van der Waals surface area contributed by atoms with Gasteiger partial charge in [-0.25, -0.2) is 4.79 Å². The summed E-state index contributed by atoms with van der Waals surface area (Å²) in [6.45, 7) is 6.26. The fourth-order valence-corrected chi connectivity index (χ4v) is 5.01. The third-order valence-corrected chi connectivity index (χ3v) is 7.71. The molecule has 5 aromatic rings. The van der Waals surface area contributed by atoms with Gasteiger partial charge in [0.1, 0.15) is 22.5 Å². The monoisotopic (exact) mass is 509 g/mol. The Morgan fingerprint density at radius 1 is 0.865 bits per heavy atom. The molecular weight excluding hydrogens is 482 g/mol. The van der Waals surface area contributed by atoms with Crippen molar-refractivity contribution in [2.45, 2.75) is 42.4 Å². The standard InChI is InChI=1S/C30H27N3O3S/c1-4-30(2,3)24-16-21(19-10-12-20(13-11-19)29(35)36)17-27(28(24)34)33-31-25-15-14-23(18-26(25)32-33)37-22-8-6-5-7-9-22/h5-18,34H,4H2,1-3H3,(H,35,36). The molecule has 0 radical (unpaired) electrons. The predicted octanol–water partition coefficient (Wildman–Crippen LogP) is 7.33. The van der Waals surface area contributed by atoms with Crippen LogP contribution in [0.25, 0.3) is 27.8 Å². The lowest BCUT2D eigenvalue weighted by Gasteiger charge is -2.26. The van der Waals surface area contributed by atoms with Gasteiger partial charge in [0, 0.05) is 15.4 Å². The Balaban J connectivity index is 1.61. The van der Waals surface area contributed by atoms with Crippen LogP contribution in [0.15, 0.2) is 94.7 Å². The topological polar surface area (TPSA) is 88.2 Å². The van der Waals surface area contributed by atoms with Crippen LogP contribution in [0.1, 0.15) is 43.1 Å². The van der Waals surface area contributed by atoms with Crippen LogP contribution in [-0.4, -0.2) is 31.2 Å². The molecule has 0 aliphatic rings. The first-order valence-corrected chi connectivity index (χ1v) is 12.9. The molecule has 0 aliphatic heterocycles. The molecule has 186 valence electrons. The summed E-state index contributed by atoms with van der Waals surface area (Å²) in [5, 5.41) is 30.1. The Hall–Kier alpha value is -4.10. The summed E-state index contributed by atoms with van der Waals surface area (Å²) in [6.07, 6.45) is 0.815. The summed E-state index contributed by atoms with van der Waals surface area (Å²) < 4.78 is 0. The van der Waals surface area contributed by atoms with E-state index >= 15 is 0 Å². The van der Waals surface area contributed by atoms with Crippen molar-refractivity contribution in [3.8, 4) is 22.6 Å². The number of fused-ring (bicyclic) bond motifs is 1. The van der Waals surface area contributed by atoms with Gasteiger partial charge in [0.25, 0.3) is 0 Å². The number of aromatic nitrogens is 3. The van der Waals surface area contributed by atoms with Crippen molar-refractivity contribution >= 4 is 28.8 Å². The van der Waals surface area contributed by atoms with Gasteiger partial charge < -0.3 is 10.2 Å². The van der Waals surface area contributed by atoms with Crippen LogP contribution in [0.5, 0.6) is 5.75 Å². The molecule has 37 heavy (non-hydrogen) atoms. The van der Waals surface area contributed by atoms with Crippen molar-refractivity contribution in [3.05, 3.63) is 96.1 Å². The van der Waals surface area contributed by atoms with Crippen LogP contribution in [0.3, 0.4) is 0 Å². The third-order valence-electron chi connectivity index (χ3n) is 6.71. The second kappa shape index (κ2) is 9.75. The van der Waals surface area contributed by atoms with Crippen molar-refractivity contribution < 1.29 is 15.0 Å². The van der Waals surface area contributed by atoms with E-state index in [4.69, 9.17) is 5.10 Å². The van der Waals surface area contributed by atoms with E-state index in [0.29, 0.717) is 5.69 Å². The molecule has 0 atom stereocenters. The molecule has 0 unspecified atom stereocenters. The van der Waals surface area contributed by atoms with Gasteiger partial charge in [0.05, 0.1) is 5.56 Å². The molecule has 4 aromatic carbocycles.